The van der Waals surface area contributed by atoms with Gasteiger partial charge in [0.1, 0.15) is 4.90 Å². The fourth-order valence-electron chi connectivity index (χ4n) is 1.61. The molecule has 1 rings (SSSR count). The van der Waals surface area contributed by atoms with E-state index in [2.05, 4.69) is 14.8 Å². The summed E-state index contributed by atoms with van der Waals surface area (Å²) in [5.41, 5.74) is 0.530. The second kappa shape index (κ2) is 7.74. The Morgan fingerprint density at radius 3 is 2.19 bits per heavy atom. The summed E-state index contributed by atoms with van der Waals surface area (Å²) in [6.45, 7) is 2.64. The lowest BCUT2D eigenvalue weighted by Crippen LogP contribution is -2.34. The Hall–Kier alpha value is -1.16. The first-order valence-electron chi connectivity index (χ1n) is 6.53. The van der Waals surface area contributed by atoms with Crippen LogP contribution in [0.4, 0.5) is 5.69 Å². The molecule has 0 atom stereocenters. The Labute approximate surface area is 126 Å². The van der Waals surface area contributed by atoms with Crippen LogP contribution in [0.3, 0.4) is 0 Å². The van der Waals surface area contributed by atoms with Crippen LogP contribution in [0.2, 0.25) is 0 Å². The zero-order valence-electron chi connectivity index (χ0n) is 12.1. The van der Waals surface area contributed by atoms with E-state index in [1.807, 2.05) is 6.92 Å². The average Bonchev–Trinajstić information content (AvgIpc) is 2.41. The average molecular weight is 335 g/mol. The van der Waals surface area contributed by atoms with Crippen LogP contribution in [-0.2, 0) is 20.0 Å². The highest BCUT2D eigenvalue weighted by molar-refractivity contribution is 7.89. The highest BCUT2D eigenvalue weighted by Crippen LogP contribution is 2.20. The summed E-state index contributed by atoms with van der Waals surface area (Å²) in [6.07, 6.45) is 1.89. The van der Waals surface area contributed by atoms with Crippen LogP contribution in [0.15, 0.2) is 29.2 Å². The normalized spacial score (nSPS) is 12.3. The Balaban J connectivity index is 2.74. The smallest absolute Gasteiger partial charge is 0.242 e. The third-order valence-electron chi connectivity index (χ3n) is 2.52. The second-order valence-corrected chi connectivity index (χ2v) is 8.06. The van der Waals surface area contributed by atoms with Gasteiger partial charge in [0.2, 0.25) is 20.0 Å². The van der Waals surface area contributed by atoms with E-state index in [-0.39, 0.29) is 18.0 Å². The molecule has 0 amide bonds. The van der Waals surface area contributed by atoms with Gasteiger partial charge in [-0.2, -0.15) is 0 Å². The van der Waals surface area contributed by atoms with Gasteiger partial charge >= 0.3 is 0 Å². The Kier molecular flexibility index (Phi) is 6.59. The number of hydrogen-bond acceptors (Lipinski definition) is 5. The van der Waals surface area contributed by atoms with Crippen LogP contribution in [0.5, 0.6) is 0 Å². The molecule has 0 radical (unpaired) electrons. The van der Waals surface area contributed by atoms with Crippen molar-refractivity contribution in [2.24, 2.45) is 0 Å². The van der Waals surface area contributed by atoms with Crippen molar-refractivity contribution in [3.63, 3.8) is 0 Å². The van der Waals surface area contributed by atoms with Gasteiger partial charge in [-0.3, -0.25) is 0 Å². The third-order valence-corrected chi connectivity index (χ3v) is 4.77. The number of anilines is 1. The van der Waals surface area contributed by atoms with Gasteiger partial charge in [-0.15, -0.1) is 0 Å². The lowest BCUT2D eigenvalue weighted by Gasteiger charge is -2.12. The van der Waals surface area contributed by atoms with Crippen molar-refractivity contribution in [3.8, 4) is 0 Å². The molecule has 0 aliphatic rings. The predicted octanol–water partition coefficient (Wildman–Crippen LogP) is 0.336. The molecule has 21 heavy (non-hydrogen) atoms. The van der Waals surface area contributed by atoms with Crippen LogP contribution in [0.1, 0.15) is 13.3 Å². The number of para-hydroxylation sites is 1. The molecule has 0 fully saturated rings. The summed E-state index contributed by atoms with van der Waals surface area (Å²) < 4.78 is 50.8. The number of hydrogen-bond donors (Lipinski definition) is 3. The molecule has 7 nitrogen and oxygen atoms in total. The number of sulfonamides is 2. The third kappa shape index (κ3) is 6.42. The molecule has 0 bridgehead atoms. The molecule has 3 N–H and O–H groups in total. The van der Waals surface area contributed by atoms with Crippen molar-refractivity contribution >= 4 is 25.7 Å². The maximum atomic E-state index is 12.2. The first kappa shape index (κ1) is 17.9. The Bertz CT molecular complexity index is 657. The van der Waals surface area contributed by atoms with Crippen LogP contribution in [-0.4, -0.2) is 42.7 Å². The Morgan fingerprint density at radius 2 is 1.57 bits per heavy atom. The van der Waals surface area contributed by atoms with Gasteiger partial charge in [-0.1, -0.05) is 19.1 Å². The van der Waals surface area contributed by atoms with E-state index in [4.69, 9.17) is 0 Å². The molecule has 0 aromatic heterocycles. The van der Waals surface area contributed by atoms with E-state index >= 15 is 0 Å². The fraction of sp³-hybridized carbons (Fsp3) is 0.500. The van der Waals surface area contributed by atoms with Gasteiger partial charge < -0.3 is 5.32 Å². The molecule has 1 aromatic carbocycles. The minimum atomic E-state index is -3.69. The monoisotopic (exact) mass is 335 g/mol. The van der Waals surface area contributed by atoms with E-state index in [1.54, 1.807) is 18.2 Å². The van der Waals surface area contributed by atoms with Crippen molar-refractivity contribution in [3.05, 3.63) is 24.3 Å². The van der Waals surface area contributed by atoms with E-state index in [9.17, 15) is 16.8 Å². The molecule has 0 saturated heterocycles. The van der Waals surface area contributed by atoms with Crippen molar-refractivity contribution in [2.45, 2.75) is 18.2 Å². The zero-order chi connectivity index (χ0) is 15.9. The lowest BCUT2D eigenvalue weighted by molar-refractivity contribution is 0.573. The topological polar surface area (TPSA) is 104 Å². The fourth-order valence-corrected chi connectivity index (χ4v) is 3.29. The van der Waals surface area contributed by atoms with Crippen LogP contribution >= 0.6 is 0 Å². The summed E-state index contributed by atoms with van der Waals surface area (Å²) in [7, 11) is -7.01. The lowest BCUT2D eigenvalue weighted by atomic mass is 10.3. The van der Waals surface area contributed by atoms with Gasteiger partial charge in [-0.05, 0) is 18.6 Å². The van der Waals surface area contributed by atoms with Crippen molar-refractivity contribution in [1.29, 1.82) is 0 Å². The zero-order valence-corrected chi connectivity index (χ0v) is 13.7. The quantitative estimate of drug-likeness (QED) is 0.564. The van der Waals surface area contributed by atoms with E-state index in [0.29, 0.717) is 12.2 Å². The largest absolute Gasteiger partial charge is 0.384 e. The Morgan fingerprint density at radius 1 is 0.952 bits per heavy atom. The van der Waals surface area contributed by atoms with Gasteiger partial charge in [0.15, 0.2) is 0 Å². The second-order valence-electron chi connectivity index (χ2n) is 4.49. The SMILES string of the molecule is CCCNc1ccccc1S(=O)(=O)NCCNS(C)(=O)=O. The highest BCUT2D eigenvalue weighted by atomic mass is 32.2. The van der Waals surface area contributed by atoms with Crippen LogP contribution in [0.25, 0.3) is 0 Å². The predicted molar refractivity (Wildman–Crippen MR) is 83.3 cm³/mol. The van der Waals surface area contributed by atoms with Gasteiger partial charge in [0, 0.05) is 19.6 Å². The van der Waals surface area contributed by atoms with E-state index in [0.717, 1.165) is 12.7 Å². The minimum absolute atomic E-state index is 0.00260. The van der Waals surface area contributed by atoms with Gasteiger partial charge in [0.25, 0.3) is 0 Å². The van der Waals surface area contributed by atoms with Gasteiger partial charge in [0.05, 0.1) is 11.9 Å². The molecule has 120 valence electrons. The molecular formula is C12H21N3O4S2. The van der Waals surface area contributed by atoms with Crippen molar-refractivity contribution < 1.29 is 16.8 Å². The minimum Gasteiger partial charge on any atom is -0.384 e. The first-order chi connectivity index (χ1) is 9.76. The summed E-state index contributed by atoms with van der Waals surface area (Å²) in [4.78, 5) is 0.151. The molecule has 0 aliphatic carbocycles. The van der Waals surface area contributed by atoms with Gasteiger partial charge in [-0.25, -0.2) is 26.3 Å². The molecule has 0 aliphatic heterocycles. The molecule has 1 aromatic rings. The summed E-state index contributed by atoms with van der Waals surface area (Å²) in [5, 5.41) is 3.05. The van der Waals surface area contributed by atoms with Crippen LogP contribution < -0.4 is 14.8 Å². The molecule has 0 unspecified atom stereocenters. The summed E-state index contributed by atoms with van der Waals surface area (Å²) >= 11 is 0. The maximum absolute atomic E-state index is 12.2. The molecule has 0 saturated carbocycles. The maximum Gasteiger partial charge on any atom is 0.242 e. The number of nitrogens with one attached hydrogen (secondary N) is 3. The van der Waals surface area contributed by atoms with E-state index in [1.165, 1.54) is 6.07 Å². The highest BCUT2D eigenvalue weighted by Gasteiger charge is 2.17. The molecular weight excluding hydrogens is 314 g/mol. The van der Waals surface area contributed by atoms with Crippen LogP contribution in [0, 0.1) is 0 Å². The number of rotatable bonds is 9. The molecule has 9 heteroatoms. The standard InChI is InChI=1S/C12H21N3O4S2/c1-3-8-13-11-6-4-5-7-12(11)21(18,19)15-10-9-14-20(2,16)17/h4-7,13-15H,3,8-10H2,1-2H3. The first-order valence-corrected chi connectivity index (χ1v) is 9.91. The van der Waals surface area contributed by atoms with Crippen molar-refractivity contribution in [2.75, 3.05) is 31.2 Å². The summed E-state index contributed by atoms with van der Waals surface area (Å²) in [6, 6.07) is 6.59. The number of benzene rings is 1. The van der Waals surface area contributed by atoms with E-state index < -0.39 is 20.0 Å². The summed E-state index contributed by atoms with van der Waals surface area (Å²) in [5.74, 6) is 0. The molecule has 0 heterocycles. The molecule has 0 spiro atoms. The van der Waals surface area contributed by atoms with Crippen molar-refractivity contribution in [1.82, 2.24) is 9.44 Å².